The summed E-state index contributed by atoms with van der Waals surface area (Å²) in [5.74, 6) is -0.260. The van der Waals surface area contributed by atoms with E-state index >= 15 is 0 Å². The summed E-state index contributed by atoms with van der Waals surface area (Å²) in [6, 6.07) is 3.02. The van der Waals surface area contributed by atoms with Gasteiger partial charge in [-0.2, -0.15) is 0 Å². The number of hydrogen-bond acceptors (Lipinski definition) is 3. The monoisotopic (exact) mass is 336 g/mol. The number of anilines is 1. The molecular formula is C13H15Cl3N2O2. The third-order valence-electron chi connectivity index (χ3n) is 3.02. The summed E-state index contributed by atoms with van der Waals surface area (Å²) in [6.07, 6.45) is 1.97. The highest BCUT2D eigenvalue weighted by Crippen LogP contribution is 2.32. The van der Waals surface area contributed by atoms with Crippen molar-refractivity contribution in [3.63, 3.8) is 0 Å². The van der Waals surface area contributed by atoms with E-state index in [4.69, 9.17) is 39.5 Å². The van der Waals surface area contributed by atoms with E-state index in [9.17, 15) is 4.79 Å². The molecule has 7 heteroatoms. The molecule has 110 valence electrons. The molecule has 2 rings (SSSR count). The first-order chi connectivity index (χ1) is 9.56. The van der Waals surface area contributed by atoms with Gasteiger partial charge in [-0.15, -0.1) is 0 Å². The molecule has 1 aromatic rings. The summed E-state index contributed by atoms with van der Waals surface area (Å²) in [6.45, 7) is 1.84. The number of rotatable bonds is 4. The lowest BCUT2D eigenvalue weighted by Gasteiger charge is -2.22. The maximum atomic E-state index is 11.8. The van der Waals surface area contributed by atoms with Crippen molar-refractivity contribution in [2.45, 2.75) is 18.9 Å². The zero-order chi connectivity index (χ0) is 14.5. The molecule has 1 aliphatic heterocycles. The van der Waals surface area contributed by atoms with E-state index in [0.29, 0.717) is 20.8 Å². The number of ether oxygens (including phenoxy) is 1. The second-order valence-corrected chi connectivity index (χ2v) is 5.78. The normalized spacial score (nSPS) is 16.1. The molecule has 1 heterocycles. The standard InChI is InChI=1S/C13H15Cl3N2O2/c14-9-5-11(16)12(6-10(9)15)18-13(19)7-20-8-1-3-17-4-2-8/h5-6,8,17H,1-4,7H2,(H,18,19). The number of halogens is 3. The van der Waals surface area contributed by atoms with Gasteiger partial charge in [0.1, 0.15) is 6.61 Å². The Kier molecular flexibility index (Phi) is 5.93. The summed E-state index contributed by atoms with van der Waals surface area (Å²) in [5.41, 5.74) is 0.431. The Balaban J connectivity index is 1.86. The largest absolute Gasteiger partial charge is 0.368 e. The second kappa shape index (κ2) is 7.48. The van der Waals surface area contributed by atoms with Gasteiger partial charge < -0.3 is 15.4 Å². The Hall–Kier alpha value is -0.520. The van der Waals surface area contributed by atoms with Crippen LogP contribution in [0.3, 0.4) is 0 Å². The summed E-state index contributed by atoms with van der Waals surface area (Å²) >= 11 is 17.7. The molecule has 2 N–H and O–H groups in total. The SMILES string of the molecule is O=C(COC1CCNCC1)Nc1cc(Cl)c(Cl)cc1Cl. The van der Waals surface area contributed by atoms with Crippen LogP contribution in [0.25, 0.3) is 0 Å². The van der Waals surface area contributed by atoms with Crippen LogP contribution < -0.4 is 10.6 Å². The van der Waals surface area contributed by atoms with E-state index < -0.39 is 0 Å². The quantitative estimate of drug-likeness (QED) is 0.828. The van der Waals surface area contributed by atoms with Gasteiger partial charge in [-0.05, 0) is 38.1 Å². The van der Waals surface area contributed by atoms with Crippen molar-refractivity contribution in [2.75, 3.05) is 25.0 Å². The van der Waals surface area contributed by atoms with Gasteiger partial charge in [0.2, 0.25) is 5.91 Å². The van der Waals surface area contributed by atoms with Gasteiger partial charge >= 0.3 is 0 Å². The summed E-state index contributed by atoms with van der Waals surface area (Å²) in [4.78, 5) is 11.8. The number of carbonyl (C=O) groups is 1. The Labute approximate surface area is 132 Å². The van der Waals surface area contributed by atoms with Crippen LogP contribution in [0.15, 0.2) is 12.1 Å². The summed E-state index contributed by atoms with van der Waals surface area (Å²) < 4.78 is 5.56. The second-order valence-electron chi connectivity index (χ2n) is 4.55. The van der Waals surface area contributed by atoms with Crippen LogP contribution in [0.5, 0.6) is 0 Å². The van der Waals surface area contributed by atoms with Crippen LogP contribution in [0, 0.1) is 0 Å². The Morgan fingerprint density at radius 1 is 1.20 bits per heavy atom. The van der Waals surface area contributed by atoms with Crippen molar-refractivity contribution >= 4 is 46.4 Å². The molecule has 1 amide bonds. The van der Waals surface area contributed by atoms with Crippen LogP contribution in [-0.4, -0.2) is 31.7 Å². The highest BCUT2D eigenvalue weighted by Gasteiger charge is 2.15. The van der Waals surface area contributed by atoms with Crippen molar-refractivity contribution in [1.29, 1.82) is 0 Å². The minimum absolute atomic E-state index is 0.00123. The first-order valence-corrected chi connectivity index (χ1v) is 7.46. The highest BCUT2D eigenvalue weighted by molar-refractivity contribution is 6.44. The van der Waals surface area contributed by atoms with Crippen molar-refractivity contribution in [3.8, 4) is 0 Å². The molecule has 0 aliphatic carbocycles. The lowest BCUT2D eigenvalue weighted by molar-refractivity contribution is -0.123. The summed E-state index contributed by atoms with van der Waals surface area (Å²) in [7, 11) is 0. The average Bonchev–Trinajstić information content (AvgIpc) is 2.44. The van der Waals surface area contributed by atoms with Crippen molar-refractivity contribution in [1.82, 2.24) is 5.32 Å². The minimum atomic E-state index is -0.260. The average molecular weight is 338 g/mol. The van der Waals surface area contributed by atoms with Crippen LogP contribution in [0.4, 0.5) is 5.69 Å². The molecule has 0 radical (unpaired) electrons. The molecule has 0 aromatic heterocycles. The van der Waals surface area contributed by atoms with E-state index in [-0.39, 0.29) is 18.6 Å². The van der Waals surface area contributed by atoms with E-state index in [0.717, 1.165) is 25.9 Å². The van der Waals surface area contributed by atoms with E-state index in [1.165, 1.54) is 12.1 Å². The zero-order valence-electron chi connectivity index (χ0n) is 10.7. The predicted octanol–water partition coefficient (Wildman–Crippen LogP) is 3.35. The van der Waals surface area contributed by atoms with Crippen molar-refractivity contribution in [3.05, 3.63) is 27.2 Å². The minimum Gasteiger partial charge on any atom is -0.368 e. The number of carbonyl (C=O) groups excluding carboxylic acids is 1. The number of amides is 1. The molecule has 0 atom stereocenters. The Morgan fingerprint density at radius 2 is 1.85 bits per heavy atom. The van der Waals surface area contributed by atoms with E-state index in [1.807, 2.05) is 0 Å². The highest BCUT2D eigenvalue weighted by atomic mass is 35.5. The molecule has 1 fully saturated rings. The molecule has 1 aliphatic rings. The number of nitrogens with one attached hydrogen (secondary N) is 2. The topological polar surface area (TPSA) is 50.4 Å². The van der Waals surface area contributed by atoms with Gasteiger partial charge in [-0.25, -0.2) is 0 Å². The molecule has 0 spiro atoms. The van der Waals surface area contributed by atoms with Crippen molar-refractivity contribution in [2.24, 2.45) is 0 Å². The maximum Gasteiger partial charge on any atom is 0.250 e. The molecule has 0 unspecified atom stereocenters. The first kappa shape index (κ1) is 15.9. The van der Waals surface area contributed by atoms with Crippen LogP contribution >= 0.6 is 34.8 Å². The molecule has 4 nitrogen and oxygen atoms in total. The third-order valence-corrected chi connectivity index (χ3v) is 4.06. The van der Waals surface area contributed by atoms with Crippen molar-refractivity contribution < 1.29 is 9.53 Å². The van der Waals surface area contributed by atoms with Gasteiger partial charge in [0.25, 0.3) is 0 Å². The predicted molar refractivity (Wildman–Crippen MR) is 81.9 cm³/mol. The van der Waals surface area contributed by atoms with Gasteiger partial charge in [0.05, 0.1) is 26.9 Å². The fraction of sp³-hybridized carbons (Fsp3) is 0.462. The Bertz CT molecular complexity index is 491. The van der Waals surface area contributed by atoms with Gasteiger partial charge in [0.15, 0.2) is 0 Å². The first-order valence-electron chi connectivity index (χ1n) is 6.33. The molecule has 1 saturated heterocycles. The van der Waals surface area contributed by atoms with Crippen LogP contribution in [0.2, 0.25) is 15.1 Å². The molecule has 20 heavy (non-hydrogen) atoms. The van der Waals surface area contributed by atoms with Gasteiger partial charge in [-0.1, -0.05) is 34.8 Å². The molecular weight excluding hydrogens is 323 g/mol. The molecule has 1 aromatic carbocycles. The maximum absolute atomic E-state index is 11.8. The van der Waals surface area contributed by atoms with Crippen LogP contribution in [-0.2, 0) is 9.53 Å². The number of benzene rings is 1. The zero-order valence-corrected chi connectivity index (χ0v) is 13.0. The number of hydrogen-bond donors (Lipinski definition) is 2. The van der Waals surface area contributed by atoms with E-state index in [1.54, 1.807) is 0 Å². The fourth-order valence-electron chi connectivity index (χ4n) is 1.96. The Morgan fingerprint density at radius 3 is 2.55 bits per heavy atom. The smallest absolute Gasteiger partial charge is 0.250 e. The molecule has 0 bridgehead atoms. The summed E-state index contributed by atoms with van der Waals surface area (Å²) in [5, 5.41) is 6.93. The van der Waals surface area contributed by atoms with Gasteiger partial charge in [-0.3, -0.25) is 4.79 Å². The van der Waals surface area contributed by atoms with E-state index in [2.05, 4.69) is 10.6 Å². The fourth-order valence-corrected chi connectivity index (χ4v) is 2.55. The third kappa shape index (κ3) is 4.50. The number of piperidine rings is 1. The lowest BCUT2D eigenvalue weighted by atomic mass is 10.1. The lowest BCUT2D eigenvalue weighted by Crippen LogP contribution is -2.34. The van der Waals surface area contributed by atoms with Crippen LogP contribution in [0.1, 0.15) is 12.8 Å². The van der Waals surface area contributed by atoms with Gasteiger partial charge in [0, 0.05) is 0 Å². The molecule has 0 saturated carbocycles.